The number of amides is 1. The Morgan fingerprint density at radius 2 is 1.64 bits per heavy atom. The van der Waals surface area contributed by atoms with Crippen molar-refractivity contribution in [1.82, 2.24) is 10.5 Å². The summed E-state index contributed by atoms with van der Waals surface area (Å²) in [6, 6.07) is 22.2. The second kappa shape index (κ2) is 11.7. The average molecular weight is 486 g/mol. The summed E-state index contributed by atoms with van der Waals surface area (Å²) in [6.07, 6.45) is 3.79. The first-order chi connectivity index (χ1) is 17.6. The largest absolute Gasteiger partial charge is 0.496 e. The van der Waals surface area contributed by atoms with Crippen LogP contribution in [-0.4, -0.2) is 43.5 Å². The number of carbonyl (C=O) groups is 1. The molecule has 4 aromatic rings. The molecule has 0 unspecified atom stereocenters. The number of benzene rings is 3. The van der Waals surface area contributed by atoms with Gasteiger partial charge in [0, 0.05) is 35.7 Å². The van der Waals surface area contributed by atoms with Crippen molar-refractivity contribution in [1.29, 1.82) is 0 Å². The second-order valence-corrected chi connectivity index (χ2v) is 7.97. The third-order valence-corrected chi connectivity index (χ3v) is 5.50. The van der Waals surface area contributed by atoms with E-state index in [1.54, 1.807) is 68.4 Å². The monoisotopic (exact) mass is 485 g/mol. The number of pyridine rings is 1. The van der Waals surface area contributed by atoms with Crippen LogP contribution in [0.1, 0.15) is 15.9 Å². The number of hydrogen-bond acceptors (Lipinski definition) is 7. The van der Waals surface area contributed by atoms with Crippen LogP contribution in [0.4, 0.5) is 5.69 Å². The normalized spacial score (nSPS) is 11.1. The van der Waals surface area contributed by atoms with Gasteiger partial charge in [0.1, 0.15) is 23.9 Å². The molecule has 0 aliphatic rings. The van der Waals surface area contributed by atoms with Crippen LogP contribution in [0.2, 0.25) is 0 Å². The molecule has 0 spiro atoms. The molecule has 3 aromatic carbocycles. The zero-order valence-electron chi connectivity index (χ0n) is 20.0. The van der Waals surface area contributed by atoms with Crippen LogP contribution in [0.5, 0.6) is 17.2 Å². The van der Waals surface area contributed by atoms with Crippen molar-refractivity contribution in [2.75, 3.05) is 32.7 Å². The topological polar surface area (TPSA) is 102 Å². The molecule has 0 bridgehead atoms. The summed E-state index contributed by atoms with van der Waals surface area (Å²) < 4.78 is 16.8. The Kier molecular flexibility index (Phi) is 8.00. The van der Waals surface area contributed by atoms with E-state index in [1.165, 1.54) is 0 Å². The quantitative estimate of drug-likeness (QED) is 0.216. The molecule has 4 rings (SSSR count). The molecule has 3 N–H and O–H groups in total. The van der Waals surface area contributed by atoms with Crippen molar-refractivity contribution in [2.24, 2.45) is 0 Å². The van der Waals surface area contributed by atoms with Gasteiger partial charge in [0.2, 0.25) is 0 Å². The molecular formula is C28H27N3O5. The number of aromatic nitrogens is 1. The lowest BCUT2D eigenvalue weighted by molar-refractivity contribution is 0.0706. The van der Waals surface area contributed by atoms with Crippen LogP contribution in [0, 0.1) is 0 Å². The van der Waals surface area contributed by atoms with Gasteiger partial charge in [-0.25, -0.2) is 5.48 Å². The summed E-state index contributed by atoms with van der Waals surface area (Å²) in [5.41, 5.74) is 5.64. The van der Waals surface area contributed by atoms with Gasteiger partial charge in [-0.2, -0.15) is 0 Å². The zero-order chi connectivity index (χ0) is 25.3. The minimum Gasteiger partial charge on any atom is -0.496 e. The SMILES string of the molecule is COc1cc(OC)cc(OC/C(=C/c2ccc(C(=O)NO)cc2)CNc2cnc3ccccc3c2)c1. The van der Waals surface area contributed by atoms with Gasteiger partial charge < -0.3 is 19.5 Å². The van der Waals surface area contributed by atoms with Gasteiger partial charge in [0.05, 0.1) is 31.6 Å². The summed E-state index contributed by atoms with van der Waals surface area (Å²) in [4.78, 5) is 16.1. The number of methoxy groups -OCH3 is 2. The van der Waals surface area contributed by atoms with Crippen molar-refractivity contribution in [3.63, 3.8) is 0 Å². The number of ether oxygens (including phenoxy) is 3. The lowest BCUT2D eigenvalue weighted by atomic mass is 10.1. The van der Waals surface area contributed by atoms with Gasteiger partial charge in [-0.3, -0.25) is 15.0 Å². The molecule has 0 aliphatic carbocycles. The highest BCUT2D eigenvalue weighted by Gasteiger charge is 2.08. The van der Waals surface area contributed by atoms with Crippen molar-refractivity contribution in [3.8, 4) is 17.2 Å². The maximum atomic E-state index is 11.6. The summed E-state index contributed by atoms with van der Waals surface area (Å²) in [5.74, 6) is 1.31. The van der Waals surface area contributed by atoms with Gasteiger partial charge in [-0.15, -0.1) is 0 Å². The number of nitrogens with zero attached hydrogens (tertiary/aromatic N) is 1. The van der Waals surface area contributed by atoms with E-state index in [2.05, 4.69) is 16.4 Å². The Balaban J connectivity index is 1.55. The number of fused-ring (bicyclic) bond motifs is 1. The van der Waals surface area contributed by atoms with Crippen molar-refractivity contribution >= 4 is 28.6 Å². The van der Waals surface area contributed by atoms with Gasteiger partial charge >= 0.3 is 0 Å². The van der Waals surface area contributed by atoms with Crippen LogP contribution in [0.25, 0.3) is 17.0 Å². The smallest absolute Gasteiger partial charge is 0.274 e. The minimum absolute atomic E-state index is 0.295. The highest BCUT2D eigenvalue weighted by Crippen LogP contribution is 2.28. The van der Waals surface area contributed by atoms with Crippen molar-refractivity contribution in [2.45, 2.75) is 0 Å². The van der Waals surface area contributed by atoms with Crippen LogP contribution in [0.3, 0.4) is 0 Å². The number of anilines is 1. The molecule has 184 valence electrons. The first-order valence-corrected chi connectivity index (χ1v) is 11.3. The van der Waals surface area contributed by atoms with E-state index in [0.29, 0.717) is 36.0 Å². The Morgan fingerprint density at radius 3 is 2.33 bits per heavy atom. The van der Waals surface area contributed by atoms with E-state index in [-0.39, 0.29) is 0 Å². The van der Waals surface area contributed by atoms with Crippen LogP contribution in [-0.2, 0) is 0 Å². The Hall–Kier alpha value is -4.56. The molecule has 1 aromatic heterocycles. The highest BCUT2D eigenvalue weighted by molar-refractivity contribution is 5.93. The van der Waals surface area contributed by atoms with Crippen molar-refractivity contribution < 1.29 is 24.2 Å². The van der Waals surface area contributed by atoms with E-state index < -0.39 is 5.91 Å². The minimum atomic E-state index is -0.563. The number of para-hydroxylation sites is 1. The zero-order valence-corrected chi connectivity index (χ0v) is 20.0. The standard InChI is InChI=1S/C28H27N3O5/c1-34-24-13-25(35-2)15-26(14-24)36-18-20(11-19-7-9-21(10-8-19)28(32)31-33)16-29-23-12-22-5-3-4-6-27(22)30-17-23/h3-15,17,29,33H,16,18H2,1-2H3,(H,31,32)/b20-11+. The first kappa shape index (κ1) is 24.6. The number of nitrogens with one attached hydrogen (secondary N) is 2. The number of hydrogen-bond donors (Lipinski definition) is 3. The molecule has 0 aliphatic heterocycles. The third kappa shape index (κ3) is 6.31. The predicted molar refractivity (Wildman–Crippen MR) is 139 cm³/mol. The summed E-state index contributed by atoms with van der Waals surface area (Å²) in [7, 11) is 3.18. The highest BCUT2D eigenvalue weighted by atomic mass is 16.5. The fourth-order valence-corrected chi connectivity index (χ4v) is 3.60. The third-order valence-electron chi connectivity index (χ3n) is 5.50. The summed E-state index contributed by atoms with van der Waals surface area (Å²) in [6.45, 7) is 0.795. The Bertz CT molecular complexity index is 1350. The molecule has 0 saturated heterocycles. The molecule has 36 heavy (non-hydrogen) atoms. The predicted octanol–water partition coefficient (Wildman–Crippen LogP) is 4.95. The van der Waals surface area contributed by atoms with E-state index in [0.717, 1.165) is 27.7 Å². The Labute approximate surface area is 209 Å². The fraction of sp³-hybridized carbons (Fsp3) is 0.143. The van der Waals surface area contributed by atoms with Gasteiger partial charge in [-0.1, -0.05) is 36.4 Å². The van der Waals surface area contributed by atoms with Crippen LogP contribution < -0.4 is 25.0 Å². The summed E-state index contributed by atoms with van der Waals surface area (Å²) in [5, 5.41) is 13.3. The average Bonchev–Trinajstić information content (AvgIpc) is 2.94. The molecule has 0 fully saturated rings. The molecule has 0 atom stereocenters. The van der Waals surface area contributed by atoms with Crippen molar-refractivity contribution in [3.05, 3.63) is 95.7 Å². The van der Waals surface area contributed by atoms with E-state index in [4.69, 9.17) is 19.4 Å². The number of hydroxylamine groups is 1. The van der Waals surface area contributed by atoms with Gasteiger partial charge in [0.15, 0.2) is 0 Å². The number of carbonyl (C=O) groups excluding carboxylic acids is 1. The molecule has 0 saturated carbocycles. The van der Waals surface area contributed by atoms with Gasteiger partial charge in [0.25, 0.3) is 5.91 Å². The maximum Gasteiger partial charge on any atom is 0.274 e. The molecule has 0 radical (unpaired) electrons. The van der Waals surface area contributed by atoms with Crippen LogP contribution in [0.15, 0.2) is 84.6 Å². The lowest BCUT2D eigenvalue weighted by Gasteiger charge is -2.14. The second-order valence-electron chi connectivity index (χ2n) is 7.97. The van der Waals surface area contributed by atoms with E-state index in [9.17, 15) is 4.79 Å². The van der Waals surface area contributed by atoms with E-state index >= 15 is 0 Å². The van der Waals surface area contributed by atoms with Crippen LogP contribution >= 0.6 is 0 Å². The first-order valence-electron chi connectivity index (χ1n) is 11.3. The Morgan fingerprint density at radius 1 is 0.944 bits per heavy atom. The lowest BCUT2D eigenvalue weighted by Crippen LogP contribution is -2.18. The molecule has 8 heteroatoms. The number of rotatable bonds is 10. The fourth-order valence-electron chi connectivity index (χ4n) is 3.60. The summed E-state index contributed by atoms with van der Waals surface area (Å²) >= 11 is 0. The molecule has 8 nitrogen and oxygen atoms in total. The van der Waals surface area contributed by atoms with Gasteiger partial charge in [-0.05, 0) is 35.4 Å². The molecule has 1 heterocycles. The van der Waals surface area contributed by atoms with E-state index in [1.807, 2.05) is 30.3 Å². The molecular weight excluding hydrogens is 458 g/mol. The maximum absolute atomic E-state index is 11.6. The molecule has 1 amide bonds.